The van der Waals surface area contributed by atoms with Gasteiger partial charge in [0, 0.05) is 32.3 Å². The molecule has 0 aromatic carbocycles. The van der Waals surface area contributed by atoms with E-state index in [4.69, 9.17) is 65.6 Å². The van der Waals surface area contributed by atoms with Gasteiger partial charge in [-0.2, -0.15) is 0 Å². The zero-order valence-electron chi connectivity index (χ0n) is 37.2. The van der Waals surface area contributed by atoms with Crippen molar-refractivity contribution in [3.8, 4) is 11.5 Å². The normalized spacial score (nSPS) is 11.4. The molecule has 352 valence electrons. The zero-order valence-corrected chi connectivity index (χ0v) is 38.7. The van der Waals surface area contributed by atoms with Crippen LogP contribution in [0.5, 0.6) is 11.5 Å². The van der Waals surface area contributed by atoms with Gasteiger partial charge in [-0.3, -0.25) is 0 Å². The van der Waals surface area contributed by atoms with Crippen molar-refractivity contribution in [1.29, 1.82) is 0 Å². The van der Waals surface area contributed by atoms with Crippen molar-refractivity contribution in [3.63, 3.8) is 0 Å². The van der Waals surface area contributed by atoms with Crippen LogP contribution in [0.15, 0.2) is 26.0 Å². The number of aliphatic hydroxyl groups excluding tert-OH is 1. The molecule has 1 unspecified atom stereocenters. The summed E-state index contributed by atoms with van der Waals surface area (Å²) in [4.78, 5) is 52.4. The molecule has 15 nitrogen and oxygen atoms in total. The zero-order chi connectivity index (χ0) is 45.4. The molecule has 62 heavy (non-hydrogen) atoms. The highest BCUT2D eigenvalue weighted by Gasteiger charge is 2.23. The third-order valence-corrected chi connectivity index (χ3v) is 10.5. The number of ether oxygens (including phenoxy) is 6. The number of hydrogen-bond acceptors (Lipinski definition) is 13. The lowest BCUT2D eigenvalue weighted by Gasteiger charge is -2.13. The van der Waals surface area contributed by atoms with Gasteiger partial charge in [-0.1, -0.05) is 153 Å². The molecule has 17 heteroatoms. The second-order valence-electron chi connectivity index (χ2n) is 15.0. The Kier molecular flexibility index (Phi) is 29.2. The van der Waals surface area contributed by atoms with Crippen LogP contribution < -0.4 is 15.3 Å². The lowest BCUT2D eigenvalue weighted by Crippen LogP contribution is -2.23. The minimum atomic E-state index is -1.17. The number of carbonyl (C=O) groups is 3. The van der Waals surface area contributed by atoms with Crippen LogP contribution in [0.2, 0.25) is 10.0 Å². The largest absolute Gasteiger partial charge is 0.519 e. The van der Waals surface area contributed by atoms with Gasteiger partial charge in [0.25, 0.3) is 0 Å². The minimum absolute atomic E-state index is 0.0121. The predicted octanol–water partition coefficient (Wildman–Crippen LogP) is 12.2. The van der Waals surface area contributed by atoms with Crippen LogP contribution in [-0.4, -0.2) is 65.9 Å². The van der Waals surface area contributed by atoms with Crippen LogP contribution in [-0.2, 0) is 25.6 Å². The van der Waals surface area contributed by atoms with Crippen LogP contribution in [0.1, 0.15) is 188 Å². The van der Waals surface area contributed by atoms with Gasteiger partial charge in [0.2, 0.25) is 6.29 Å². The number of H-pyrrole nitrogens is 2. The van der Waals surface area contributed by atoms with Gasteiger partial charge in [-0.05, 0) is 19.8 Å². The van der Waals surface area contributed by atoms with Crippen LogP contribution in [0.25, 0.3) is 0 Å². The van der Waals surface area contributed by atoms with Crippen LogP contribution in [0.4, 0.5) is 4.79 Å². The lowest BCUT2D eigenvalue weighted by atomic mass is 10.1. The summed E-state index contributed by atoms with van der Waals surface area (Å²) in [7, 11) is 0. The second-order valence-corrected chi connectivity index (χ2v) is 15.8. The molecule has 0 aliphatic carbocycles. The van der Waals surface area contributed by atoms with E-state index < -0.39 is 30.2 Å². The van der Waals surface area contributed by atoms with Crippen LogP contribution >= 0.6 is 23.2 Å². The molecule has 0 fully saturated rings. The standard InChI is InChI=1S/C23H38ClNO7.C22H32ClNO6/c1-3-4-5-6-7-8-9-10-11-12-15-29-19-17-25-21(20(19)24)22(27)31-18(2)32-23(28)30-16-13-14-26;1-3-4-5-6-7-8-9-10-11-12-13-27-17-14-24-20(19(17)23)21(25)28-15-18-16(2)29-22(26)30-18/h17-18,25-26H,3-16H2,1-2H3;14,24H,3-13,15H2,1-2H3. The molecule has 3 aromatic rings. The van der Waals surface area contributed by atoms with E-state index in [0.717, 1.165) is 25.7 Å². The summed E-state index contributed by atoms with van der Waals surface area (Å²) < 4.78 is 40.5. The number of aromatic nitrogens is 2. The number of aromatic amines is 2. The summed E-state index contributed by atoms with van der Waals surface area (Å²) in [6.07, 6.45) is 26.1. The lowest BCUT2D eigenvalue weighted by molar-refractivity contribution is -0.0825. The van der Waals surface area contributed by atoms with E-state index in [0.29, 0.717) is 31.1 Å². The minimum Gasteiger partial charge on any atom is -0.490 e. The van der Waals surface area contributed by atoms with Crippen LogP contribution in [0.3, 0.4) is 0 Å². The van der Waals surface area contributed by atoms with E-state index in [1.165, 1.54) is 116 Å². The van der Waals surface area contributed by atoms with E-state index in [1.807, 2.05) is 0 Å². The van der Waals surface area contributed by atoms with Crippen molar-refractivity contribution in [2.75, 3.05) is 26.4 Å². The first-order chi connectivity index (χ1) is 30.0. The fourth-order valence-corrected chi connectivity index (χ4v) is 6.64. The summed E-state index contributed by atoms with van der Waals surface area (Å²) in [6, 6.07) is 0. The van der Waals surface area contributed by atoms with E-state index in [9.17, 15) is 19.2 Å². The van der Waals surface area contributed by atoms with Gasteiger partial charge >= 0.3 is 23.9 Å². The molecule has 3 heterocycles. The molecule has 3 aromatic heterocycles. The molecule has 3 N–H and O–H groups in total. The Labute approximate surface area is 376 Å². The Hall–Kier alpha value is -4.08. The van der Waals surface area contributed by atoms with E-state index in [2.05, 4.69) is 23.8 Å². The summed E-state index contributed by atoms with van der Waals surface area (Å²) in [5.74, 6) is -1.05. The SMILES string of the molecule is CCCCCCCCCCCCOc1c[nH]c(C(=O)OC(C)OC(=O)OCCCO)c1Cl.CCCCCCCCCCCCOc1c[nH]c(C(=O)OCc2oc(=O)oc2C)c1Cl. The molecule has 0 amide bonds. The highest BCUT2D eigenvalue weighted by molar-refractivity contribution is 6.35. The van der Waals surface area contributed by atoms with Gasteiger partial charge in [0.15, 0.2) is 29.6 Å². The molecular formula is C45H70Cl2N2O13. The predicted molar refractivity (Wildman–Crippen MR) is 236 cm³/mol. The van der Waals surface area contributed by atoms with Crippen molar-refractivity contribution >= 4 is 41.3 Å². The molecule has 0 radical (unpaired) electrons. The average Bonchev–Trinajstić information content (AvgIpc) is 3.91. The van der Waals surface area contributed by atoms with Crippen LogP contribution in [0, 0.1) is 6.92 Å². The van der Waals surface area contributed by atoms with Crippen molar-refractivity contribution in [3.05, 3.63) is 56.0 Å². The van der Waals surface area contributed by atoms with Crippen molar-refractivity contribution in [2.24, 2.45) is 0 Å². The number of aliphatic hydroxyl groups is 1. The topological polar surface area (TPSA) is 202 Å². The molecule has 3 rings (SSSR count). The monoisotopic (exact) mass is 916 g/mol. The number of hydrogen-bond donors (Lipinski definition) is 3. The number of halogens is 2. The summed E-state index contributed by atoms with van der Waals surface area (Å²) >= 11 is 12.4. The van der Waals surface area contributed by atoms with E-state index in [1.54, 1.807) is 13.1 Å². The molecule has 1 atom stereocenters. The maximum absolute atomic E-state index is 12.2. The summed E-state index contributed by atoms with van der Waals surface area (Å²) in [6.45, 7) is 8.14. The average molecular weight is 918 g/mol. The second kappa shape index (κ2) is 33.5. The van der Waals surface area contributed by atoms with Gasteiger partial charge in [0.05, 0.1) is 19.8 Å². The smallest absolute Gasteiger partial charge is 0.490 e. The number of nitrogens with one attached hydrogen (secondary N) is 2. The Morgan fingerprint density at radius 2 is 1.08 bits per heavy atom. The van der Waals surface area contributed by atoms with E-state index in [-0.39, 0.29) is 52.8 Å². The fraction of sp³-hybridized carbons (Fsp3) is 0.689. The number of aryl methyl sites for hydroxylation is 1. The Morgan fingerprint density at radius 3 is 1.52 bits per heavy atom. The molecular weight excluding hydrogens is 847 g/mol. The van der Waals surface area contributed by atoms with E-state index >= 15 is 0 Å². The highest BCUT2D eigenvalue weighted by Crippen LogP contribution is 2.30. The summed E-state index contributed by atoms with van der Waals surface area (Å²) in [5, 5.41) is 8.95. The molecule has 0 spiro atoms. The first-order valence-corrected chi connectivity index (χ1v) is 23.2. The maximum Gasteiger partial charge on any atom is 0.519 e. The van der Waals surface area contributed by atoms with Gasteiger partial charge in [-0.25, -0.2) is 19.2 Å². The molecule has 0 saturated carbocycles. The number of esters is 2. The van der Waals surface area contributed by atoms with Crippen molar-refractivity contribution < 1.29 is 56.7 Å². The summed E-state index contributed by atoms with van der Waals surface area (Å²) in [5.41, 5.74) is 0.118. The van der Waals surface area contributed by atoms with Gasteiger partial charge < -0.3 is 52.3 Å². The highest BCUT2D eigenvalue weighted by atomic mass is 35.5. The van der Waals surface area contributed by atoms with Gasteiger partial charge in [-0.15, -0.1) is 0 Å². The third-order valence-electron chi connectivity index (χ3n) is 9.71. The molecule has 0 aliphatic rings. The number of carbonyl (C=O) groups excluding carboxylic acids is 3. The first kappa shape index (κ1) is 54.1. The Balaban J connectivity index is 0.000000427. The fourth-order valence-electron chi connectivity index (χ4n) is 6.16. The van der Waals surface area contributed by atoms with Crippen molar-refractivity contribution in [1.82, 2.24) is 9.97 Å². The number of rotatable bonds is 33. The molecule has 0 aliphatic heterocycles. The Bertz CT molecular complexity index is 1720. The quantitative estimate of drug-likeness (QED) is 0.0226. The Morgan fingerprint density at radius 1 is 0.629 bits per heavy atom. The third kappa shape index (κ3) is 22.8. The van der Waals surface area contributed by atoms with Crippen molar-refractivity contribution in [2.45, 2.75) is 175 Å². The number of unbranched alkanes of at least 4 members (excludes halogenated alkanes) is 18. The van der Waals surface area contributed by atoms with Gasteiger partial charge in [0.1, 0.15) is 21.4 Å². The first-order valence-electron chi connectivity index (χ1n) is 22.4. The molecule has 0 saturated heterocycles. The molecule has 0 bridgehead atoms. The maximum atomic E-state index is 12.2.